The van der Waals surface area contributed by atoms with E-state index in [1.165, 1.54) is 0 Å². The molecule has 0 aliphatic heterocycles. The molecular weight excluding hydrogens is 174 g/mol. The van der Waals surface area contributed by atoms with Crippen LogP contribution in [0, 0.1) is 6.92 Å². The molecule has 0 aliphatic carbocycles. The third kappa shape index (κ3) is 1.57. The number of anilines is 1. The summed E-state index contributed by atoms with van der Waals surface area (Å²) in [5, 5.41) is 0. The lowest BCUT2D eigenvalue weighted by atomic mass is 10.1. The van der Waals surface area contributed by atoms with Gasteiger partial charge in [0.25, 0.3) is 0 Å². The summed E-state index contributed by atoms with van der Waals surface area (Å²) < 4.78 is 0. The van der Waals surface area contributed by atoms with Crippen molar-refractivity contribution in [3.05, 3.63) is 42.4 Å². The largest absolute Gasteiger partial charge is 0.397 e. The number of pyridine rings is 2. The van der Waals surface area contributed by atoms with Crippen LogP contribution in [0.3, 0.4) is 0 Å². The molecule has 0 unspecified atom stereocenters. The molecule has 2 aromatic heterocycles. The van der Waals surface area contributed by atoms with Gasteiger partial charge in [-0.15, -0.1) is 0 Å². The predicted molar refractivity (Wildman–Crippen MR) is 56.6 cm³/mol. The van der Waals surface area contributed by atoms with Gasteiger partial charge in [0, 0.05) is 17.5 Å². The molecule has 0 saturated carbocycles. The van der Waals surface area contributed by atoms with E-state index in [2.05, 4.69) is 9.97 Å². The van der Waals surface area contributed by atoms with Crippen molar-refractivity contribution in [3.63, 3.8) is 0 Å². The number of rotatable bonds is 1. The van der Waals surface area contributed by atoms with Crippen molar-refractivity contribution in [2.45, 2.75) is 6.92 Å². The molecular formula is C11H11N3. The summed E-state index contributed by atoms with van der Waals surface area (Å²) >= 11 is 0. The van der Waals surface area contributed by atoms with Gasteiger partial charge in [-0.3, -0.25) is 9.97 Å². The van der Waals surface area contributed by atoms with Crippen LogP contribution < -0.4 is 5.73 Å². The second kappa shape index (κ2) is 3.46. The Labute approximate surface area is 82.6 Å². The van der Waals surface area contributed by atoms with Gasteiger partial charge in [-0.25, -0.2) is 0 Å². The van der Waals surface area contributed by atoms with Gasteiger partial charge in [-0.2, -0.15) is 0 Å². The first-order valence-corrected chi connectivity index (χ1v) is 4.41. The summed E-state index contributed by atoms with van der Waals surface area (Å²) in [5.74, 6) is 0. The Morgan fingerprint density at radius 3 is 2.79 bits per heavy atom. The Morgan fingerprint density at radius 2 is 2.07 bits per heavy atom. The minimum absolute atomic E-state index is 0.658. The van der Waals surface area contributed by atoms with Crippen LogP contribution in [0.1, 0.15) is 5.69 Å². The molecule has 0 radical (unpaired) electrons. The summed E-state index contributed by atoms with van der Waals surface area (Å²) in [4.78, 5) is 8.34. The quantitative estimate of drug-likeness (QED) is 0.739. The normalized spacial score (nSPS) is 10.1. The SMILES string of the molecule is Cc1cccc(-c2ccncc2N)n1. The van der Waals surface area contributed by atoms with Gasteiger partial charge in [-0.05, 0) is 25.1 Å². The first kappa shape index (κ1) is 8.69. The average Bonchev–Trinajstić information content (AvgIpc) is 2.18. The zero-order valence-electron chi connectivity index (χ0n) is 7.94. The summed E-state index contributed by atoms with van der Waals surface area (Å²) in [5.41, 5.74) is 9.27. The average molecular weight is 185 g/mol. The van der Waals surface area contributed by atoms with Crippen LogP contribution in [0.4, 0.5) is 5.69 Å². The van der Waals surface area contributed by atoms with E-state index in [0.29, 0.717) is 5.69 Å². The number of nitrogens with two attached hydrogens (primary N) is 1. The van der Waals surface area contributed by atoms with E-state index in [4.69, 9.17) is 5.73 Å². The van der Waals surface area contributed by atoms with Crippen molar-refractivity contribution in [1.82, 2.24) is 9.97 Å². The van der Waals surface area contributed by atoms with Gasteiger partial charge in [-0.1, -0.05) is 6.07 Å². The second-order valence-corrected chi connectivity index (χ2v) is 3.13. The maximum atomic E-state index is 5.80. The third-order valence-electron chi connectivity index (χ3n) is 2.02. The van der Waals surface area contributed by atoms with Crippen molar-refractivity contribution < 1.29 is 0 Å². The molecule has 2 rings (SSSR count). The molecule has 0 fully saturated rings. The van der Waals surface area contributed by atoms with E-state index in [1.807, 2.05) is 31.2 Å². The number of nitrogen functional groups attached to an aromatic ring is 1. The van der Waals surface area contributed by atoms with E-state index < -0.39 is 0 Å². The molecule has 0 aliphatic rings. The maximum absolute atomic E-state index is 5.80. The fourth-order valence-corrected chi connectivity index (χ4v) is 1.33. The second-order valence-electron chi connectivity index (χ2n) is 3.13. The summed E-state index contributed by atoms with van der Waals surface area (Å²) in [6.45, 7) is 1.96. The molecule has 0 spiro atoms. The first-order chi connectivity index (χ1) is 6.77. The van der Waals surface area contributed by atoms with Crippen LogP contribution in [0.15, 0.2) is 36.7 Å². The molecule has 3 nitrogen and oxygen atoms in total. The number of nitrogens with zero attached hydrogens (tertiary/aromatic N) is 2. The monoisotopic (exact) mass is 185 g/mol. The minimum Gasteiger partial charge on any atom is -0.397 e. The molecule has 70 valence electrons. The van der Waals surface area contributed by atoms with Gasteiger partial charge in [0.15, 0.2) is 0 Å². The van der Waals surface area contributed by atoms with E-state index in [9.17, 15) is 0 Å². The van der Waals surface area contributed by atoms with Gasteiger partial charge in [0.2, 0.25) is 0 Å². The van der Waals surface area contributed by atoms with Crippen LogP contribution in [-0.4, -0.2) is 9.97 Å². The zero-order valence-corrected chi connectivity index (χ0v) is 7.94. The topological polar surface area (TPSA) is 51.8 Å². The smallest absolute Gasteiger partial charge is 0.0726 e. The lowest BCUT2D eigenvalue weighted by Crippen LogP contribution is -1.93. The van der Waals surface area contributed by atoms with Crippen molar-refractivity contribution >= 4 is 5.69 Å². The molecule has 0 aromatic carbocycles. The highest BCUT2D eigenvalue weighted by atomic mass is 14.7. The van der Waals surface area contributed by atoms with Crippen molar-refractivity contribution in [1.29, 1.82) is 0 Å². The van der Waals surface area contributed by atoms with E-state index >= 15 is 0 Å². The highest BCUT2D eigenvalue weighted by Crippen LogP contribution is 2.22. The molecule has 2 aromatic rings. The lowest BCUT2D eigenvalue weighted by molar-refractivity contribution is 1.20. The standard InChI is InChI=1S/C11H11N3/c1-8-3-2-4-11(14-8)9-5-6-13-7-10(9)12/h2-7H,12H2,1H3. The van der Waals surface area contributed by atoms with Gasteiger partial charge in [0.1, 0.15) is 0 Å². The van der Waals surface area contributed by atoms with E-state index in [0.717, 1.165) is 17.0 Å². The highest BCUT2D eigenvalue weighted by Gasteiger charge is 2.02. The number of aryl methyl sites for hydroxylation is 1. The Hall–Kier alpha value is -1.90. The molecule has 0 saturated heterocycles. The van der Waals surface area contributed by atoms with Gasteiger partial charge in [0.05, 0.1) is 17.6 Å². The van der Waals surface area contributed by atoms with E-state index in [1.54, 1.807) is 12.4 Å². The third-order valence-corrected chi connectivity index (χ3v) is 2.02. The van der Waals surface area contributed by atoms with Crippen LogP contribution in [0.2, 0.25) is 0 Å². The van der Waals surface area contributed by atoms with Crippen molar-refractivity contribution in [2.24, 2.45) is 0 Å². The fraction of sp³-hybridized carbons (Fsp3) is 0.0909. The minimum atomic E-state index is 0.658. The molecule has 14 heavy (non-hydrogen) atoms. The number of aromatic nitrogens is 2. The van der Waals surface area contributed by atoms with Crippen LogP contribution in [0.5, 0.6) is 0 Å². The van der Waals surface area contributed by atoms with Crippen LogP contribution in [-0.2, 0) is 0 Å². The number of hydrogen-bond acceptors (Lipinski definition) is 3. The molecule has 0 atom stereocenters. The first-order valence-electron chi connectivity index (χ1n) is 4.41. The Bertz CT molecular complexity index is 452. The Kier molecular flexibility index (Phi) is 2.14. The summed E-state index contributed by atoms with van der Waals surface area (Å²) in [6, 6.07) is 7.74. The maximum Gasteiger partial charge on any atom is 0.0726 e. The molecule has 0 amide bonds. The van der Waals surface area contributed by atoms with E-state index in [-0.39, 0.29) is 0 Å². The molecule has 0 bridgehead atoms. The van der Waals surface area contributed by atoms with Gasteiger partial charge >= 0.3 is 0 Å². The van der Waals surface area contributed by atoms with Crippen molar-refractivity contribution in [2.75, 3.05) is 5.73 Å². The van der Waals surface area contributed by atoms with Crippen LogP contribution in [0.25, 0.3) is 11.3 Å². The van der Waals surface area contributed by atoms with Crippen LogP contribution >= 0.6 is 0 Å². The predicted octanol–water partition coefficient (Wildman–Crippen LogP) is 2.03. The molecule has 2 heterocycles. The highest BCUT2D eigenvalue weighted by molar-refractivity contribution is 5.72. The molecule has 2 N–H and O–H groups in total. The molecule has 3 heteroatoms. The number of hydrogen-bond donors (Lipinski definition) is 1. The summed E-state index contributed by atoms with van der Waals surface area (Å²) in [7, 11) is 0. The van der Waals surface area contributed by atoms with Gasteiger partial charge < -0.3 is 5.73 Å². The fourth-order valence-electron chi connectivity index (χ4n) is 1.33. The summed E-state index contributed by atoms with van der Waals surface area (Å²) in [6.07, 6.45) is 3.36. The Balaban J connectivity index is 2.55. The Morgan fingerprint density at radius 1 is 1.21 bits per heavy atom. The van der Waals surface area contributed by atoms with Crippen molar-refractivity contribution in [3.8, 4) is 11.3 Å². The zero-order chi connectivity index (χ0) is 9.97. The lowest BCUT2D eigenvalue weighted by Gasteiger charge is -2.04.